The highest BCUT2D eigenvalue weighted by Gasteiger charge is 2.48. The number of aliphatic hydroxyl groups is 1. The van der Waals surface area contributed by atoms with Gasteiger partial charge in [-0.25, -0.2) is 13.1 Å². The predicted octanol–water partition coefficient (Wildman–Crippen LogP) is 2.19. The van der Waals surface area contributed by atoms with E-state index in [2.05, 4.69) is 9.88 Å². The molecule has 1 saturated carbocycles. The SMILES string of the molecule is O=S(=O)(NCC1CCC2(CCOCC2)C1O)c1ccccc1-c1ccno1. The van der Waals surface area contributed by atoms with Crippen LogP contribution in [0.3, 0.4) is 0 Å². The van der Waals surface area contributed by atoms with Gasteiger partial charge in [-0.05, 0) is 43.7 Å². The predicted molar refractivity (Wildman–Crippen MR) is 98.3 cm³/mol. The largest absolute Gasteiger partial charge is 0.392 e. The van der Waals surface area contributed by atoms with Crippen molar-refractivity contribution in [3.63, 3.8) is 0 Å². The first-order chi connectivity index (χ1) is 13.0. The Morgan fingerprint density at radius 2 is 1.96 bits per heavy atom. The number of ether oxygens (including phenoxy) is 1. The highest BCUT2D eigenvalue weighted by atomic mass is 32.2. The highest BCUT2D eigenvalue weighted by Crippen LogP contribution is 2.48. The lowest BCUT2D eigenvalue weighted by molar-refractivity contribution is -0.0552. The second-order valence-corrected chi connectivity index (χ2v) is 9.18. The topological polar surface area (TPSA) is 102 Å². The number of hydrogen-bond donors (Lipinski definition) is 2. The van der Waals surface area contributed by atoms with Crippen molar-refractivity contribution in [1.82, 2.24) is 9.88 Å². The third-order valence-corrected chi connectivity index (χ3v) is 7.47. The molecule has 2 unspecified atom stereocenters. The van der Waals surface area contributed by atoms with Gasteiger partial charge >= 0.3 is 0 Å². The number of aromatic nitrogens is 1. The van der Waals surface area contributed by atoms with Gasteiger partial charge in [-0.15, -0.1) is 0 Å². The first-order valence-electron chi connectivity index (χ1n) is 9.27. The minimum atomic E-state index is -3.74. The van der Waals surface area contributed by atoms with Crippen LogP contribution in [0.25, 0.3) is 11.3 Å². The van der Waals surface area contributed by atoms with E-state index >= 15 is 0 Å². The molecule has 2 N–H and O–H groups in total. The van der Waals surface area contributed by atoms with Crippen LogP contribution in [0.4, 0.5) is 0 Å². The Morgan fingerprint density at radius 3 is 2.70 bits per heavy atom. The molecule has 8 heteroatoms. The molecule has 1 aliphatic carbocycles. The van der Waals surface area contributed by atoms with Crippen LogP contribution in [0.1, 0.15) is 25.7 Å². The zero-order valence-corrected chi connectivity index (χ0v) is 15.8. The molecule has 2 heterocycles. The van der Waals surface area contributed by atoms with Crippen LogP contribution >= 0.6 is 0 Å². The number of hydrogen-bond acceptors (Lipinski definition) is 6. The molecule has 1 spiro atoms. The normalized spacial score (nSPS) is 25.1. The first-order valence-corrected chi connectivity index (χ1v) is 10.8. The van der Waals surface area contributed by atoms with Gasteiger partial charge in [-0.1, -0.05) is 17.3 Å². The Balaban J connectivity index is 1.49. The maximum atomic E-state index is 12.9. The van der Waals surface area contributed by atoms with E-state index < -0.39 is 16.1 Å². The Hall–Kier alpha value is -1.74. The van der Waals surface area contributed by atoms with E-state index in [4.69, 9.17) is 9.26 Å². The van der Waals surface area contributed by atoms with E-state index in [-0.39, 0.29) is 22.8 Å². The fourth-order valence-electron chi connectivity index (χ4n) is 4.37. The van der Waals surface area contributed by atoms with Gasteiger partial charge in [0.2, 0.25) is 10.0 Å². The number of aliphatic hydroxyl groups excluding tert-OH is 1. The second kappa shape index (κ2) is 7.35. The molecule has 1 aromatic heterocycles. The summed E-state index contributed by atoms with van der Waals surface area (Å²) in [5.41, 5.74) is 0.349. The van der Waals surface area contributed by atoms with Crippen molar-refractivity contribution in [2.75, 3.05) is 19.8 Å². The van der Waals surface area contributed by atoms with Gasteiger partial charge < -0.3 is 14.4 Å². The lowest BCUT2D eigenvalue weighted by atomic mass is 9.76. The van der Waals surface area contributed by atoms with E-state index in [1.165, 1.54) is 6.20 Å². The van der Waals surface area contributed by atoms with E-state index in [0.717, 1.165) is 25.7 Å². The van der Waals surface area contributed by atoms with E-state index in [1.54, 1.807) is 30.3 Å². The molecule has 2 aromatic rings. The van der Waals surface area contributed by atoms with Gasteiger partial charge in [0.05, 0.1) is 17.2 Å². The quantitative estimate of drug-likeness (QED) is 0.809. The molecule has 1 aliphatic heterocycles. The number of sulfonamides is 1. The molecular formula is C19H24N2O5S. The average molecular weight is 392 g/mol. The summed E-state index contributed by atoms with van der Waals surface area (Å²) in [4.78, 5) is 0.148. The average Bonchev–Trinajstić information content (AvgIpc) is 3.32. The van der Waals surface area contributed by atoms with Gasteiger partial charge in [-0.2, -0.15) is 0 Å². The minimum Gasteiger partial charge on any atom is -0.392 e. The minimum absolute atomic E-state index is 0.0877. The van der Waals surface area contributed by atoms with Gasteiger partial charge in [0.1, 0.15) is 0 Å². The van der Waals surface area contributed by atoms with Crippen LogP contribution in [-0.4, -0.2) is 44.5 Å². The van der Waals surface area contributed by atoms with Crippen molar-refractivity contribution in [3.8, 4) is 11.3 Å². The third kappa shape index (κ3) is 3.54. The summed E-state index contributed by atoms with van der Waals surface area (Å²) in [6.07, 6.45) is 4.38. The monoisotopic (exact) mass is 392 g/mol. The number of nitrogens with zero attached hydrogens (tertiary/aromatic N) is 1. The molecule has 2 atom stereocenters. The van der Waals surface area contributed by atoms with Crippen LogP contribution in [0.2, 0.25) is 0 Å². The van der Waals surface area contributed by atoms with Gasteiger partial charge in [0.25, 0.3) is 0 Å². The van der Waals surface area contributed by atoms with Crippen molar-refractivity contribution in [2.45, 2.75) is 36.7 Å². The smallest absolute Gasteiger partial charge is 0.241 e. The second-order valence-electron chi connectivity index (χ2n) is 7.44. The van der Waals surface area contributed by atoms with Crippen LogP contribution in [0.15, 0.2) is 45.9 Å². The first kappa shape index (κ1) is 18.6. The maximum absolute atomic E-state index is 12.9. The molecule has 1 saturated heterocycles. The number of nitrogens with one attached hydrogen (secondary N) is 1. The van der Waals surface area contributed by atoms with Crippen LogP contribution in [0, 0.1) is 11.3 Å². The molecular weight excluding hydrogens is 368 g/mol. The summed E-state index contributed by atoms with van der Waals surface area (Å²) in [5.74, 6) is 0.313. The standard InChI is InChI=1S/C19H24N2O5S/c22-18-14(5-7-19(18)8-11-25-12-9-19)13-21-27(23,24)17-4-2-1-3-15(17)16-6-10-20-26-16/h1-4,6,10,14,18,21-22H,5,7-9,11-13H2. The number of rotatable bonds is 5. The Labute approximate surface area is 158 Å². The molecule has 0 amide bonds. The van der Waals surface area contributed by atoms with Crippen molar-refractivity contribution >= 4 is 10.0 Å². The van der Waals surface area contributed by atoms with Crippen molar-refractivity contribution < 1.29 is 22.8 Å². The van der Waals surface area contributed by atoms with Gasteiger partial charge in [-0.3, -0.25) is 0 Å². The zero-order valence-electron chi connectivity index (χ0n) is 15.0. The van der Waals surface area contributed by atoms with Crippen molar-refractivity contribution in [3.05, 3.63) is 36.5 Å². The molecule has 1 aromatic carbocycles. The molecule has 146 valence electrons. The van der Waals surface area contributed by atoms with Gasteiger partial charge in [0.15, 0.2) is 5.76 Å². The number of benzene rings is 1. The summed E-state index contributed by atoms with van der Waals surface area (Å²) in [6.45, 7) is 1.55. The van der Waals surface area contributed by atoms with Crippen LogP contribution in [0.5, 0.6) is 0 Å². The third-order valence-electron chi connectivity index (χ3n) is 5.99. The maximum Gasteiger partial charge on any atom is 0.241 e. The van der Waals surface area contributed by atoms with E-state index in [0.29, 0.717) is 24.5 Å². The van der Waals surface area contributed by atoms with E-state index in [1.807, 2.05) is 0 Å². The summed E-state index contributed by atoms with van der Waals surface area (Å²) >= 11 is 0. The molecule has 27 heavy (non-hydrogen) atoms. The summed E-state index contributed by atoms with van der Waals surface area (Å²) in [7, 11) is -3.74. The van der Waals surface area contributed by atoms with Crippen LogP contribution in [-0.2, 0) is 14.8 Å². The molecule has 4 rings (SSSR count). The van der Waals surface area contributed by atoms with Crippen LogP contribution < -0.4 is 4.72 Å². The molecule has 2 fully saturated rings. The van der Waals surface area contributed by atoms with Crippen molar-refractivity contribution in [1.29, 1.82) is 0 Å². The lowest BCUT2D eigenvalue weighted by Crippen LogP contribution is -2.41. The Morgan fingerprint density at radius 1 is 1.19 bits per heavy atom. The summed E-state index contributed by atoms with van der Waals surface area (Å²) in [5, 5.41) is 14.5. The van der Waals surface area contributed by atoms with Gasteiger partial charge in [0, 0.05) is 36.8 Å². The zero-order chi connectivity index (χ0) is 18.9. The lowest BCUT2D eigenvalue weighted by Gasteiger charge is -2.37. The Bertz CT molecular complexity index is 875. The molecule has 7 nitrogen and oxygen atoms in total. The summed E-state index contributed by atoms with van der Waals surface area (Å²) < 4.78 is 39.1. The fraction of sp³-hybridized carbons (Fsp3) is 0.526. The Kier molecular flexibility index (Phi) is 5.07. The fourth-order valence-corrected chi connectivity index (χ4v) is 5.67. The molecule has 0 radical (unpaired) electrons. The van der Waals surface area contributed by atoms with E-state index in [9.17, 15) is 13.5 Å². The summed E-state index contributed by atoms with van der Waals surface area (Å²) in [6, 6.07) is 8.30. The van der Waals surface area contributed by atoms with Crippen molar-refractivity contribution in [2.24, 2.45) is 11.3 Å². The molecule has 2 aliphatic rings. The molecule has 0 bridgehead atoms. The highest BCUT2D eigenvalue weighted by molar-refractivity contribution is 7.89.